The van der Waals surface area contributed by atoms with E-state index in [1.807, 2.05) is 41.5 Å². The fourth-order valence-corrected chi connectivity index (χ4v) is 8.01. The third-order valence-corrected chi connectivity index (χ3v) is 9.93. The van der Waals surface area contributed by atoms with Gasteiger partial charge in [-0.15, -0.1) is 23.1 Å². The van der Waals surface area contributed by atoms with E-state index >= 15 is 0 Å². The lowest BCUT2D eigenvalue weighted by molar-refractivity contribution is -0.671. The molecule has 0 saturated carbocycles. The number of carbonyl (C=O) groups excluding carboxylic acids is 3. The maximum atomic E-state index is 13.2. The number of anilines is 1. The molecule has 0 bridgehead atoms. The van der Waals surface area contributed by atoms with Gasteiger partial charge in [0, 0.05) is 59.1 Å². The number of pyridine rings is 1. The van der Waals surface area contributed by atoms with E-state index in [2.05, 4.69) is 30.1 Å². The van der Waals surface area contributed by atoms with E-state index in [1.54, 1.807) is 6.92 Å². The van der Waals surface area contributed by atoms with Crippen molar-refractivity contribution in [3.63, 3.8) is 0 Å². The highest BCUT2D eigenvalue weighted by Crippen LogP contribution is 2.46. The normalized spacial score (nSPS) is 17.3. The van der Waals surface area contributed by atoms with Gasteiger partial charge in [-0.25, -0.2) is 14.3 Å². The van der Waals surface area contributed by atoms with Crippen molar-refractivity contribution in [3.8, 4) is 11.3 Å². The summed E-state index contributed by atoms with van der Waals surface area (Å²) in [5.41, 5.74) is 1.29. The van der Waals surface area contributed by atoms with Gasteiger partial charge in [-0.05, 0) is 6.92 Å². The van der Waals surface area contributed by atoms with Gasteiger partial charge < -0.3 is 25.7 Å². The number of thioether (sulfide) groups is 2. The van der Waals surface area contributed by atoms with Gasteiger partial charge in [0.05, 0.1) is 5.69 Å². The number of carboxylic acid groups (broad SMARTS) is 2. The fraction of sp³-hybridized carbons (Fsp3) is 0.308. The molecular formula is C26H27N8O8S4+. The number of aryl methyl sites for hydroxylation is 1. The maximum absolute atomic E-state index is 13.2. The van der Waals surface area contributed by atoms with Gasteiger partial charge in [0.2, 0.25) is 22.6 Å². The summed E-state index contributed by atoms with van der Waals surface area (Å²) in [5, 5.41) is 27.8. The summed E-state index contributed by atoms with van der Waals surface area (Å²) in [5.74, 6) is -3.58. The molecule has 0 unspecified atom stereocenters. The average Bonchev–Trinajstić information content (AvgIpc) is 3.65. The third kappa shape index (κ3) is 8.24. The molecule has 20 heteroatoms. The molecule has 3 aromatic rings. The van der Waals surface area contributed by atoms with Crippen molar-refractivity contribution >= 4 is 86.9 Å². The summed E-state index contributed by atoms with van der Waals surface area (Å²) in [4.78, 5) is 74.4. The van der Waals surface area contributed by atoms with Crippen LogP contribution in [0.3, 0.4) is 0 Å². The van der Waals surface area contributed by atoms with Crippen LogP contribution < -0.4 is 15.2 Å². The molecular weight excluding hydrogens is 681 g/mol. The molecule has 2 aliphatic rings. The van der Waals surface area contributed by atoms with E-state index in [0.717, 1.165) is 29.7 Å². The molecule has 0 spiro atoms. The first-order chi connectivity index (χ1) is 21.9. The van der Waals surface area contributed by atoms with Crippen LogP contribution in [-0.2, 0) is 35.9 Å². The second-order valence-corrected chi connectivity index (χ2v) is 13.3. The number of β-lactam (4-membered cyclic amide) rings is 1. The van der Waals surface area contributed by atoms with E-state index < -0.39 is 35.2 Å². The number of aromatic nitrogens is 4. The summed E-state index contributed by atoms with van der Waals surface area (Å²) in [6.07, 6.45) is 3.83. The van der Waals surface area contributed by atoms with Gasteiger partial charge in [-0.3, -0.25) is 24.1 Å². The summed E-state index contributed by atoms with van der Waals surface area (Å²) >= 11 is 4.78. The first kappa shape index (κ1) is 34.5. The second kappa shape index (κ2) is 15.3. The summed E-state index contributed by atoms with van der Waals surface area (Å²) in [7, 11) is 1.92. The van der Waals surface area contributed by atoms with Gasteiger partial charge >= 0.3 is 5.97 Å². The lowest BCUT2D eigenvalue weighted by Gasteiger charge is -2.49. The van der Waals surface area contributed by atoms with E-state index in [-0.39, 0.29) is 34.9 Å². The highest BCUT2D eigenvalue weighted by atomic mass is 32.2. The topological polar surface area (TPSA) is 217 Å². The number of carbonyl (C=O) groups is 5. The average molecular weight is 708 g/mol. The number of nitrogens with one attached hydrogen (secondary N) is 2. The van der Waals surface area contributed by atoms with E-state index in [1.165, 1.54) is 46.7 Å². The maximum Gasteiger partial charge on any atom is 0.353 e. The Labute approximate surface area is 278 Å². The lowest BCUT2D eigenvalue weighted by Crippen LogP contribution is -2.71. The number of hydrogen-bond acceptors (Lipinski definition) is 14. The molecule has 1 saturated heterocycles. The van der Waals surface area contributed by atoms with Gasteiger partial charge in [0.25, 0.3) is 17.8 Å². The number of thiazole rings is 1. The highest BCUT2D eigenvalue weighted by Gasteiger charge is 2.54. The molecule has 2 atom stereocenters. The minimum Gasteiger partial charge on any atom is -0.481 e. The van der Waals surface area contributed by atoms with Crippen molar-refractivity contribution in [2.45, 2.75) is 36.5 Å². The van der Waals surface area contributed by atoms with Crippen LogP contribution in [0.15, 0.2) is 50.0 Å². The van der Waals surface area contributed by atoms with Gasteiger partial charge in [-0.2, -0.15) is 9.36 Å². The molecule has 16 nitrogen and oxygen atoms in total. The zero-order valence-electron chi connectivity index (χ0n) is 24.6. The van der Waals surface area contributed by atoms with Gasteiger partial charge in [0.15, 0.2) is 16.7 Å². The first-order valence-electron chi connectivity index (χ1n) is 13.2. The Morgan fingerprint density at radius 3 is 2.52 bits per heavy atom. The zero-order chi connectivity index (χ0) is 33.5. The number of nitrogens with zero attached hydrogens (tertiary/aromatic N) is 6. The van der Waals surface area contributed by atoms with Crippen LogP contribution in [0, 0.1) is 0 Å². The molecule has 3 amide bonds. The van der Waals surface area contributed by atoms with Crippen molar-refractivity contribution in [3.05, 3.63) is 46.3 Å². The molecule has 2 aliphatic heterocycles. The Morgan fingerprint density at radius 2 is 1.89 bits per heavy atom. The smallest absolute Gasteiger partial charge is 0.353 e. The lowest BCUT2D eigenvalue weighted by atomic mass is 10.0. The number of fused-ring (bicyclic) bond motifs is 1. The SMILES string of the molecule is CC(=O)O.CCO/N=C(\C(=O)N[C@@H]1C(=O)N2C(C(=O)O)=C(Sc3nc(-c4cc[n+](C)cc4)cs3)CS[C@H]12)c1nsc(NC(C)=O)n1. The number of carboxylic acids is 2. The van der Waals surface area contributed by atoms with Crippen molar-refractivity contribution in [2.75, 3.05) is 17.7 Å². The van der Waals surface area contributed by atoms with Crippen molar-refractivity contribution in [1.82, 2.24) is 24.6 Å². The molecule has 242 valence electrons. The number of aliphatic carboxylic acids is 2. The molecule has 3 aromatic heterocycles. The van der Waals surface area contributed by atoms with E-state index in [9.17, 15) is 24.3 Å². The predicted molar refractivity (Wildman–Crippen MR) is 170 cm³/mol. The van der Waals surface area contributed by atoms with Crippen molar-refractivity contribution in [1.29, 1.82) is 0 Å². The number of rotatable bonds is 10. The Hall–Kier alpha value is -4.40. The van der Waals surface area contributed by atoms with Crippen LogP contribution in [0.1, 0.15) is 26.6 Å². The Bertz CT molecular complexity index is 1720. The minimum absolute atomic E-state index is 0.0911. The van der Waals surface area contributed by atoms with E-state index in [4.69, 9.17) is 14.7 Å². The molecule has 1 fully saturated rings. The Morgan fingerprint density at radius 1 is 1.20 bits per heavy atom. The van der Waals surface area contributed by atoms with Gasteiger partial charge in [-0.1, -0.05) is 16.9 Å². The third-order valence-electron chi connectivity index (χ3n) is 5.81. The molecule has 0 aliphatic carbocycles. The minimum atomic E-state index is -1.25. The summed E-state index contributed by atoms with van der Waals surface area (Å²) in [6, 6.07) is 2.88. The molecule has 46 heavy (non-hydrogen) atoms. The zero-order valence-corrected chi connectivity index (χ0v) is 27.9. The molecule has 0 radical (unpaired) electrons. The molecule has 4 N–H and O–H groups in total. The Balaban J connectivity index is 0.00000113. The van der Waals surface area contributed by atoms with Crippen LogP contribution in [0.4, 0.5) is 5.13 Å². The number of oxime groups is 1. The Kier molecular flexibility index (Phi) is 11.4. The molecule has 0 aromatic carbocycles. The number of amides is 3. The second-order valence-electron chi connectivity index (χ2n) is 9.27. The monoisotopic (exact) mass is 707 g/mol. The van der Waals surface area contributed by atoms with Crippen LogP contribution in [0.2, 0.25) is 0 Å². The van der Waals surface area contributed by atoms with Crippen LogP contribution >= 0.6 is 46.4 Å². The van der Waals surface area contributed by atoms with Crippen molar-refractivity contribution in [2.24, 2.45) is 12.2 Å². The van der Waals surface area contributed by atoms with Gasteiger partial charge in [0.1, 0.15) is 30.8 Å². The van der Waals surface area contributed by atoms with Crippen molar-refractivity contribution < 1.29 is 43.6 Å². The van der Waals surface area contributed by atoms with Crippen LogP contribution in [-0.4, -0.2) is 88.6 Å². The summed E-state index contributed by atoms with van der Waals surface area (Å²) in [6.45, 7) is 4.22. The standard InChI is InChI=1S/C24H22N8O6S4.C2H4O2/c1-4-38-29-15(18-28-23(42-30-18)25-11(2)33)19(34)27-16-20(35)32-17(22(36)37)14(10-39-21(16)32)41-24-26-13(9-40-24)12-5-7-31(3)8-6-12;1-2(3)4/h5-9,16,21H,4,10H2,1-3H3,(H2-,25,27,28,30,33,34,36,37);1H3,(H,3,4)/p+1/b29-15-;/t16-,21-;/m1./s1. The van der Waals surface area contributed by atoms with Crippen LogP contribution in [0.5, 0.6) is 0 Å². The fourth-order valence-electron chi connectivity index (χ4n) is 3.93. The largest absolute Gasteiger partial charge is 0.481 e. The predicted octanol–water partition coefficient (Wildman–Crippen LogP) is 1.76. The van der Waals surface area contributed by atoms with E-state index in [0.29, 0.717) is 15.0 Å². The first-order valence-corrected chi connectivity index (χ1v) is 16.7. The van der Waals surface area contributed by atoms with Crippen LogP contribution in [0.25, 0.3) is 11.3 Å². The number of hydrogen-bond donors (Lipinski definition) is 4. The molecule has 5 heterocycles. The highest BCUT2D eigenvalue weighted by molar-refractivity contribution is 8.07. The quantitative estimate of drug-likeness (QED) is 0.102. The summed E-state index contributed by atoms with van der Waals surface area (Å²) < 4.78 is 6.62. The molecule has 5 rings (SSSR count).